The molecule has 4 heterocycles. The highest BCUT2D eigenvalue weighted by atomic mass is 32.2. The van der Waals surface area contributed by atoms with Gasteiger partial charge in [0.1, 0.15) is 15.7 Å². The Morgan fingerprint density at radius 3 is 2.40 bits per heavy atom. The summed E-state index contributed by atoms with van der Waals surface area (Å²) in [7, 11) is -1.18. The Balaban J connectivity index is 0.000000806. The fourth-order valence-electron chi connectivity index (χ4n) is 4.26. The van der Waals surface area contributed by atoms with Crippen molar-refractivity contribution in [3.63, 3.8) is 0 Å². The number of likely N-dealkylation sites (tertiary alicyclic amines) is 1. The Hall–Kier alpha value is -2.46. The molecule has 164 valence electrons. The molecule has 9 nitrogen and oxygen atoms in total. The molecule has 30 heavy (non-hydrogen) atoms. The van der Waals surface area contributed by atoms with Crippen molar-refractivity contribution in [1.82, 2.24) is 19.4 Å². The van der Waals surface area contributed by atoms with Gasteiger partial charge in [0.15, 0.2) is 0 Å². The maximum absolute atomic E-state index is 11.7. The lowest BCUT2D eigenvalue weighted by Gasteiger charge is -2.39. The monoisotopic (exact) mass is 436 g/mol. The molecule has 2 aliphatic heterocycles. The Morgan fingerprint density at radius 2 is 1.77 bits per heavy atom. The molecule has 0 atom stereocenters. The molecule has 10 heteroatoms. The van der Waals surface area contributed by atoms with E-state index in [1.165, 1.54) is 0 Å². The van der Waals surface area contributed by atoms with E-state index in [1.54, 1.807) is 13.3 Å². The van der Waals surface area contributed by atoms with Crippen molar-refractivity contribution in [3.8, 4) is 17.3 Å². The van der Waals surface area contributed by atoms with Crippen molar-refractivity contribution < 1.29 is 23.1 Å². The molecule has 1 N–H and O–H groups in total. The van der Waals surface area contributed by atoms with Crippen molar-refractivity contribution in [2.75, 3.05) is 31.7 Å². The number of carbonyl (C=O) groups is 1. The first-order chi connectivity index (χ1) is 14.5. The van der Waals surface area contributed by atoms with Crippen LogP contribution in [0.1, 0.15) is 31.7 Å². The summed E-state index contributed by atoms with van der Waals surface area (Å²) < 4.78 is 30.8. The van der Waals surface area contributed by atoms with E-state index in [0.717, 1.165) is 50.2 Å². The number of ether oxygens (including phenoxy) is 1. The summed E-state index contributed by atoms with van der Waals surface area (Å²) in [6.07, 6.45) is 9.30. The second-order valence-corrected chi connectivity index (χ2v) is 9.80. The number of carboxylic acid groups (broad SMARTS) is 1. The molecule has 0 amide bonds. The minimum atomic E-state index is -2.80. The van der Waals surface area contributed by atoms with Crippen LogP contribution in [0.25, 0.3) is 11.4 Å². The van der Waals surface area contributed by atoms with E-state index in [9.17, 15) is 8.42 Å². The predicted octanol–water partition coefficient (Wildman–Crippen LogP) is 1.87. The topological polar surface area (TPSA) is 115 Å². The number of rotatable bonds is 4. The molecule has 4 rings (SSSR count). The maximum atomic E-state index is 11.7. The van der Waals surface area contributed by atoms with Crippen LogP contribution in [-0.2, 0) is 14.6 Å². The van der Waals surface area contributed by atoms with E-state index in [-0.39, 0.29) is 6.47 Å². The number of nitrogens with zero attached hydrogens (tertiary/aromatic N) is 4. The summed E-state index contributed by atoms with van der Waals surface area (Å²) in [5.74, 6) is 2.21. The summed E-state index contributed by atoms with van der Waals surface area (Å²) in [4.78, 5) is 19.6. The minimum Gasteiger partial charge on any atom is -0.483 e. The molecule has 2 aromatic rings. The highest BCUT2D eigenvalue weighted by Gasteiger charge is 2.31. The van der Waals surface area contributed by atoms with Gasteiger partial charge in [0, 0.05) is 55.4 Å². The number of imidazole rings is 1. The first-order valence-corrected chi connectivity index (χ1v) is 11.8. The lowest BCUT2D eigenvalue weighted by molar-refractivity contribution is -0.122. The second kappa shape index (κ2) is 10.0. The standard InChI is InChI=1S/C19H26N4O3S.CH2O2/c1-26-18-14-15(2-7-20-18)19-21-8-11-23(19)17-3-9-22(10-4-17)16-5-12-27(24,25)13-6-16;2-1-3/h2,7-8,11,14,16-17H,3-6,9-10,12-13H2,1H3;1H,(H,2,3). The fourth-order valence-corrected chi connectivity index (χ4v) is 5.73. The van der Waals surface area contributed by atoms with Gasteiger partial charge < -0.3 is 19.3 Å². The van der Waals surface area contributed by atoms with Crippen LogP contribution in [0.5, 0.6) is 5.88 Å². The van der Waals surface area contributed by atoms with Gasteiger partial charge in [-0.1, -0.05) is 0 Å². The van der Waals surface area contributed by atoms with Crippen LogP contribution in [0.15, 0.2) is 30.7 Å². The van der Waals surface area contributed by atoms with Gasteiger partial charge in [0.2, 0.25) is 5.88 Å². The Morgan fingerprint density at radius 1 is 1.10 bits per heavy atom. The molecule has 2 aromatic heterocycles. The highest BCUT2D eigenvalue weighted by Crippen LogP contribution is 2.31. The number of piperidine rings is 1. The average molecular weight is 437 g/mol. The molecule has 2 aliphatic rings. The van der Waals surface area contributed by atoms with Gasteiger partial charge in [-0.15, -0.1) is 0 Å². The third kappa shape index (κ3) is 5.37. The summed E-state index contributed by atoms with van der Waals surface area (Å²) in [6.45, 7) is 1.76. The number of methoxy groups -OCH3 is 1. The Kier molecular flexibility index (Phi) is 7.43. The summed E-state index contributed by atoms with van der Waals surface area (Å²) >= 11 is 0. The lowest BCUT2D eigenvalue weighted by Crippen LogP contribution is -2.45. The van der Waals surface area contributed by atoms with Crippen LogP contribution >= 0.6 is 0 Å². The van der Waals surface area contributed by atoms with Gasteiger partial charge in [-0.2, -0.15) is 0 Å². The molecule has 0 aromatic carbocycles. The number of hydrogen-bond acceptors (Lipinski definition) is 7. The number of sulfone groups is 1. The zero-order valence-corrected chi connectivity index (χ0v) is 17.9. The minimum absolute atomic E-state index is 0.250. The zero-order chi connectivity index (χ0) is 21.6. The third-order valence-electron chi connectivity index (χ3n) is 5.80. The zero-order valence-electron chi connectivity index (χ0n) is 17.1. The van der Waals surface area contributed by atoms with E-state index in [1.807, 2.05) is 18.3 Å². The molecule has 0 unspecified atom stereocenters. The van der Waals surface area contributed by atoms with Crippen LogP contribution in [0.4, 0.5) is 0 Å². The Labute approximate surface area is 176 Å². The van der Waals surface area contributed by atoms with Crippen LogP contribution in [-0.4, -0.2) is 77.2 Å². The molecule has 0 radical (unpaired) electrons. The quantitative estimate of drug-likeness (QED) is 0.723. The van der Waals surface area contributed by atoms with Crippen LogP contribution in [0.3, 0.4) is 0 Å². The highest BCUT2D eigenvalue weighted by molar-refractivity contribution is 7.91. The van der Waals surface area contributed by atoms with E-state index in [2.05, 4.69) is 25.6 Å². The van der Waals surface area contributed by atoms with E-state index in [0.29, 0.717) is 29.5 Å². The van der Waals surface area contributed by atoms with Gasteiger partial charge in [-0.25, -0.2) is 18.4 Å². The van der Waals surface area contributed by atoms with Gasteiger partial charge in [0.05, 0.1) is 18.6 Å². The maximum Gasteiger partial charge on any atom is 0.290 e. The van der Waals surface area contributed by atoms with Gasteiger partial charge in [-0.3, -0.25) is 4.79 Å². The largest absolute Gasteiger partial charge is 0.483 e. The van der Waals surface area contributed by atoms with Crippen LogP contribution in [0, 0.1) is 0 Å². The van der Waals surface area contributed by atoms with Crippen LogP contribution < -0.4 is 4.74 Å². The normalized spacial score (nSPS) is 20.2. The smallest absolute Gasteiger partial charge is 0.290 e. The first-order valence-electron chi connectivity index (χ1n) is 10.0. The van der Waals surface area contributed by atoms with Crippen molar-refractivity contribution in [2.45, 2.75) is 37.8 Å². The summed E-state index contributed by atoms with van der Waals surface area (Å²) in [5.41, 5.74) is 1.01. The number of pyridine rings is 1. The lowest BCUT2D eigenvalue weighted by atomic mass is 10.00. The predicted molar refractivity (Wildman–Crippen MR) is 112 cm³/mol. The van der Waals surface area contributed by atoms with Crippen molar-refractivity contribution in [3.05, 3.63) is 30.7 Å². The number of aromatic nitrogens is 3. The van der Waals surface area contributed by atoms with Crippen molar-refractivity contribution in [1.29, 1.82) is 0 Å². The van der Waals surface area contributed by atoms with Crippen molar-refractivity contribution >= 4 is 16.3 Å². The van der Waals surface area contributed by atoms with E-state index in [4.69, 9.17) is 14.6 Å². The average Bonchev–Trinajstić information content (AvgIpc) is 3.24. The van der Waals surface area contributed by atoms with E-state index < -0.39 is 9.84 Å². The van der Waals surface area contributed by atoms with Gasteiger partial charge >= 0.3 is 0 Å². The van der Waals surface area contributed by atoms with Gasteiger partial charge in [-0.05, 0) is 31.7 Å². The SMILES string of the molecule is COc1cc(-c2nccn2C2CCN(C3CCS(=O)(=O)CC3)CC2)ccn1.O=CO. The van der Waals surface area contributed by atoms with Crippen LogP contribution in [0.2, 0.25) is 0 Å². The molecule has 0 saturated carbocycles. The Bertz CT molecular complexity index is 924. The third-order valence-corrected chi connectivity index (χ3v) is 7.52. The number of hydrogen-bond donors (Lipinski definition) is 1. The molecule has 0 aliphatic carbocycles. The van der Waals surface area contributed by atoms with E-state index >= 15 is 0 Å². The molecule has 0 spiro atoms. The summed E-state index contributed by atoms with van der Waals surface area (Å²) in [5, 5.41) is 6.89. The molecule has 0 bridgehead atoms. The van der Waals surface area contributed by atoms with Crippen molar-refractivity contribution in [2.24, 2.45) is 0 Å². The first kappa shape index (κ1) is 22.2. The molecule has 2 saturated heterocycles. The molecular weight excluding hydrogens is 408 g/mol. The molecule has 2 fully saturated rings. The second-order valence-electron chi connectivity index (χ2n) is 7.50. The van der Waals surface area contributed by atoms with Gasteiger partial charge in [0.25, 0.3) is 6.47 Å². The molecular formula is C20H28N4O5S. The fraction of sp³-hybridized carbons (Fsp3) is 0.550. The summed E-state index contributed by atoms with van der Waals surface area (Å²) in [6, 6.07) is 4.70.